The molecule has 1 heterocycles. The van der Waals surface area contributed by atoms with Gasteiger partial charge in [0.1, 0.15) is 0 Å². The lowest BCUT2D eigenvalue weighted by atomic mass is 10.1. The summed E-state index contributed by atoms with van der Waals surface area (Å²) in [6.07, 6.45) is 1.14. The molecule has 2 aromatic rings. The number of pyridine rings is 1. The van der Waals surface area contributed by atoms with Crippen molar-refractivity contribution < 1.29 is 27.5 Å². The highest BCUT2D eigenvalue weighted by Gasteiger charge is 2.16. The van der Waals surface area contributed by atoms with E-state index in [1.165, 1.54) is 12.1 Å². The van der Waals surface area contributed by atoms with Gasteiger partial charge in [0.15, 0.2) is 0 Å². The number of benzene rings is 1. The van der Waals surface area contributed by atoms with Crippen molar-refractivity contribution >= 4 is 22.1 Å². The number of hydrogen-bond donors (Lipinski definition) is 1. The van der Waals surface area contributed by atoms with Gasteiger partial charge in [-0.3, -0.25) is 4.79 Å². The molecule has 1 N–H and O–H groups in total. The second-order valence-electron chi connectivity index (χ2n) is 5.28. The van der Waals surface area contributed by atoms with Crippen molar-refractivity contribution in [2.24, 2.45) is 0 Å². The predicted octanol–water partition coefficient (Wildman–Crippen LogP) is 1.92. The molecule has 1 aromatic heterocycles. The number of amides is 1. The molecule has 2 rings (SSSR count). The number of aryl methyl sites for hydroxylation is 1. The summed E-state index contributed by atoms with van der Waals surface area (Å²) >= 11 is 0. The molecule has 0 saturated carbocycles. The summed E-state index contributed by atoms with van der Waals surface area (Å²) in [6.45, 7) is 0. The normalized spacial score (nSPS) is 10.8. The molecule has 0 fully saturated rings. The van der Waals surface area contributed by atoms with E-state index in [9.17, 15) is 18.0 Å². The minimum absolute atomic E-state index is 0.0221. The Kier molecular flexibility index (Phi) is 6.67. The predicted molar refractivity (Wildman–Crippen MR) is 93.3 cm³/mol. The lowest BCUT2D eigenvalue weighted by Gasteiger charge is -2.07. The zero-order chi connectivity index (χ0) is 19.0. The number of carbonyl (C=O) groups is 2. The maximum absolute atomic E-state index is 12.0. The summed E-state index contributed by atoms with van der Waals surface area (Å²) in [5.74, 6) is -1.05. The summed E-state index contributed by atoms with van der Waals surface area (Å²) < 4.78 is 35.0. The number of rotatable bonds is 7. The summed E-state index contributed by atoms with van der Waals surface area (Å²) in [7, 11) is -2.62. The van der Waals surface area contributed by atoms with E-state index in [1.54, 1.807) is 0 Å². The molecule has 8 nitrogen and oxygen atoms in total. The van der Waals surface area contributed by atoms with Crippen LogP contribution in [0.15, 0.2) is 48.7 Å². The SMILES string of the molecule is COC(=O)Oc1ccc(C(=O)NS(=O)(=O)CCCc2ccccc2)cn1. The Morgan fingerprint density at radius 3 is 2.46 bits per heavy atom. The minimum atomic E-state index is -3.76. The number of nitrogens with one attached hydrogen (secondary N) is 1. The van der Waals surface area contributed by atoms with E-state index in [0.717, 1.165) is 18.9 Å². The number of methoxy groups -OCH3 is 1. The van der Waals surface area contributed by atoms with Crippen molar-refractivity contribution in [1.29, 1.82) is 0 Å². The lowest BCUT2D eigenvalue weighted by Crippen LogP contribution is -2.32. The third-order valence-corrected chi connectivity index (χ3v) is 4.65. The monoisotopic (exact) mass is 378 g/mol. The molecule has 0 aliphatic carbocycles. The summed E-state index contributed by atoms with van der Waals surface area (Å²) in [5.41, 5.74) is 1.05. The number of nitrogens with zero attached hydrogens (tertiary/aromatic N) is 1. The van der Waals surface area contributed by atoms with E-state index >= 15 is 0 Å². The van der Waals surface area contributed by atoms with Gasteiger partial charge in [-0.1, -0.05) is 30.3 Å². The number of hydrogen-bond acceptors (Lipinski definition) is 7. The smallest absolute Gasteiger partial charge is 0.437 e. The second kappa shape index (κ2) is 8.95. The molecular formula is C17H18N2O6S. The summed E-state index contributed by atoms with van der Waals surface area (Å²) in [6, 6.07) is 12.0. The Hall–Kier alpha value is -2.94. The molecule has 1 aromatic carbocycles. The average molecular weight is 378 g/mol. The van der Waals surface area contributed by atoms with Crippen LogP contribution < -0.4 is 9.46 Å². The van der Waals surface area contributed by atoms with Crippen LogP contribution in [0.25, 0.3) is 0 Å². The van der Waals surface area contributed by atoms with Crippen molar-refractivity contribution in [1.82, 2.24) is 9.71 Å². The van der Waals surface area contributed by atoms with Crippen LogP contribution in [0, 0.1) is 0 Å². The highest BCUT2D eigenvalue weighted by atomic mass is 32.2. The van der Waals surface area contributed by atoms with Gasteiger partial charge in [0, 0.05) is 12.3 Å². The van der Waals surface area contributed by atoms with Crippen molar-refractivity contribution in [3.05, 3.63) is 59.8 Å². The molecule has 9 heteroatoms. The molecule has 0 saturated heterocycles. The summed E-state index contributed by atoms with van der Waals surface area (Å²) in [5, 5.41) is 0. The highest BCUT2D eigenvalue weighted by molar-refractivity contribution is 7.90. The number of ether oxygens (including phenoxy) is 2. The Labute approximate surface area is 151 Å². The van der Waals surface area contributed by atoms with Gasteiger partial charge in [0.2, 0.25) is 15.9 Å². The fraction of sp³-hybridized carbons (Fsp3) is 0.235. The first-order valence-corrected chi connectivity index (χ1v) is 9.35. The van der Waals surface area contributed by atoms with Crippen molar-refractivity contribution in [2.45, 2.75) is 12.8 Å². The number of carbonyl (C=O) groups excluding carboxylic acids is 2. The van der Waals surface area contributed by atoms with Gasteiger partial charge in [-0.05, 0) is 24.5 Å². The van der Waals surface area contributed by atoms with Gasteiger partial charge >= 0.3 is 6.16 Å². The van der Waals surface area contributed by atoms with E-state index in [0.29, 0.717) is 12.8 Å². The third-order valence-electron chi connectivity index (χ3n) is 3.32. The van der Waals surface area contributed by atoms with Gasteiger partial charge in [0.25, 0.3) is 5.91 Å². The van der Waals surface area contributed by atoms with Gasteiger partial charge in [0.05, 0.1) is 18.4 Å². The average Bonchev–Trinajstić information content (AvgIpc) is 2.62. The topological polar surface area (TPSA) is 112 Å². The molecule has 26 heavy (non-hydrogen) atoms. The molecule has 0 spiro atoms. The lowest BCUT2D eigenvalue weighted by molar-refractivity contribution is 0.0981. The van der Waals surface area contributed by atoms with E-state index in [2.05, 4.69) is 14.5 Å². The van der Waals surface area contributed by atoms with E-state index in [-0.39, 0.29) is 17.2 Å². The maximum atomic E-state index is 12.0. The minimum Gasteiger partial charge on any atom is -0.437 e. The van der Waals surface area contributed by atoms with E-state index in [1.807, 2.05) is 35.1 Å². The Bertz CT molecular complexity index is 851. The molecule has 0 radical (unpaired) electrons. The maximum Gasteiger partial charge on any atom is 0.514 e. The largest absolute Gasteiger partial charge is 0.514 e. The van der Waals surface area contributed by atoms with E-state index < -0.39 is 22.1 Å². The standard InChI is InChI=1S/C17H18N2O6S/c1-24-17(21)25-15-10-9-14(12-18-15)16(20)19-26(22,23)11-5-8-13-6-3-2-4-7-13/h2-4,6-7,9-10,12H,5,8,11H2,1H3,(H,19,20). The highest BCUT2D eigenvalue weighted by Crippen LogP contribution is 2.09. The molecule has 0 bridgehead atoms. The first-order valence-electron chi connectivity index (χ1n) is 7.70. The fourth-order valence-electron chi connectivity index (χ4n) is 2.06. The van der Waals surface area contributed by atoms with Gasteiger partial charge in [-0.15, -0.1) is 0 Å². The molecule has 138 valence electrons. The quantitative estimate of drug-likeness (QED) is 0.733. The third kappa shape index (κ3) is 6.17. The summed E-state index contributed by atoms with van der Waals surface area (Å²) in [4.78, 5) is 26.7. The molecule has 0 unspecified atom stereocenters. The van der Waals surface area contributed by atoms with Gasteiger partial charge < -0.3 is 9.47 Å². The van der Waals surface area contributed by atoms with Crippen LogP contribution in [0.2, 0.25) is 0 Å². The second-order valence-corrected chi connectivity index (χ2v) is 7.12. The van der Waals surface area contributed by atoms with Crippen LogP contribution in [0.1, 0.15) is 22.3 Å². The zero-order valence-electron chi connectivity index (χ0n) is 14.0. The van der Waals surface area contributed by atoms with Crippen LogP contribution >= 0.6 is 0 Å². The van der Waals surface area contributed by atoms with Crippen molar-refractivity contribution in [2.75, 3.05) is 12.9 Å². The molecule has 0 aliphatic rings. The van der Waals surface area contributed by atoms with Gasteiger partial charge in [-0.2, -0.15) is 0 Å². The Morgan fingerprint density at radius 1 is 1.12 bits per heavy atom. The fourth-order valence-corrected chi connectivity index (χ4v) is 3.09. The van der Waals surface area contributed by atoms with Gasteiger partial charge in [-0.25, -0.2) is 22.9 Å². The molecule has 1 amide bonds. The van der Waals surface area contributed by atoms with Crippen LogP contribution in [0.3, 0.4) is 0 Å². The molecule has 0 aliphatic heterocycles. The van der Waals surface area contributed by atoms with Crippen LogP contribution in [0.5, 0.6) is 5.88 Å². The number of sulfonamides is 1. The molecule has 0 atom stereocenters. The van der Waals surface area contributed by atoms with Crippen molar-refractivity contribution in [3.63, 3.8) is 0 Å². The first kappa shape index (κ1) is 19.4. The van der Waals surface area contributed by atoms with Crippen molar-refractivity contribution in [3.8, 4) is 5.88 Å². The zero-order valence-corrected chi connectivity index (χ0v) is 14.9. The van der Waals surface area contributed by atoms with Crippen LogP contribution in [0.4, 0.5) is 4.79 Å². The van der Waals surface area contributed by atoms with Crippen LogP contribution in [-0.2, 0) is 21.2 Å². The van der Waals surface area contributed by atoms with Crippen LogP contribution in [-0.4, -0.2) is 38.3 Å². The Balaban J connectivity index is 1.87. The first-order chi connectivity index (χ1) is 12.4. The van der Waals surface area contributed by atoms with E-state index in [4.69, 9.17) is 0 Å². The Morgan fingerprint density at radius 2 is 1.85 bits per heavy atom. The molecular weight excluding hydrogens is 360 g/mol. The number of aromatic nitrogens is 1.